The lowest BCUT2D eigenvalue weighted by Crippen LogP contribution is -2.30. The molecule has 31 heavy (non-hydrogen) atoms. The number of hydrogen-bond acceptors (Lipinski definition) is 4. The van der Waals surface area contributed by atoms with Gasteiger partial charge >= 0.3 is 6.18 Å². The molecule has 4 rings (SSSR count). The van der Waals surface area contributed by atoms with Crippen molar-refractivity contribution in [2.45, 2.75) is 25.4 Å². The molecule has 1 N–H and O–H groups in total. The maximum Gasteiger partial charge on any atom is 0.435 e. The van der Waals surface area contributed by atoms with Crippen LogP contribution in [-0.4, -0.2) is 34.1 Å². The van der Waals surface area contributed by atoms with Crippen LogP contribution in [0.4, 0.5) is 17.6 Å². The van der Waals surface area contributed by atoms with E-state index in [-0.39, 0.29) is 18.8 Å². The molecule has 0 bridgehead atoms. The van der Waals surface area contributed by atoms with Crippen molar-refractivity contribution in [3.8, 4) is 11.4 Å². The summed E-state index contributed by atoms with van der Waals surface area (Å²) >= 11 is 0. The fourth-order valence-electron chi connectivity index (χ4n) is 3.53. The molecular weight excluding hydrogens is 416 g/mol. The lowest BCUT2D eigenvalue weighted by atomic mass is 10.1. The van der Waals surface area contributed by atoms with Crippen LogP contribution in [0.2, 0.25) is 0 Å². The maximum absolute atomic E-state index is 13.6. The molecular formula is C21H18F4N4O2. The molecule has 0 unspecified atom stereocenters. The third-order valence-corrected chi connectivity index (χ3v) is 4.93. The summed E-state index contributed by atoms with van der Waals surface area (Å²) in [7, 11) is 0. The predicted octanol–water partition coefficient (Wildman–Crippen LogP) is 3.72. The van der Waals surface area contributed by atoms with Crippen LogP contribution in [0.5, 0.6) is 5.75 Å². The van der Waals surface area contributed by atoms with E-state index in [0.717, 1.165) is 31.4 Å². The van der Waals surface area contributed by atoms with E-state index in [0.29, 0.717) is 10.4 Å². The molecule has 0 atom stereocenters. The summed E-state index contributed by atoms with van der Waals surface area (Å²) in [6, 6.07) is 10.2. The van der Waals surface area contributed by atoms with Gasteiger partial charge in [0.25, 0.3) is 5.91 Å². The fourth-order valence-corrected chi connectivity index (χ4v) is 3.53. The first-order chi connectivity index (χ1) is 14.8. The van der Waals surface area contributed by atoms with Gasteiger partial charge in [-0.25, -0.2) is 9.07 Å². The van der Waals surface area contributed by atoms with Crippen molar-refractivity contribution in [3.63, 3.8) is 0 Å². The smallest absolute Gasteiger partial charge is 0.435 e. The first-order valence-electron chi connectivity index (χ1n) is 9.64. The number of aryl methyl sites for hydroxylation is 2. The maximum atomic E-state index is 13.6. The monoisotopic (exact) mass is 434 g/mol. The molecule has 2 aromatic carbocycles. The van der Waals surface area contributed by atoms with Crippen LogP contribution < -0.4 is 10.1 Å². The predicted molar refractivity (Wildman–Crippen MR) is 103 cm³/mol. The molecule has 162 valence electrons. The SMILES string of the molecule is O=C(NCCOc1ccc2c(c1)CCC2)c1nnn(-c2cccc(F)c2)c1C(F)(F)F. The van der Waals surface area contributed by atoms with E-state index >= 15 is 0 Å². The molecule has 0 spiro atoms. The molecule has 0 saturated carbocycles. The molecule has 0 saturated heterocycles. The van der Waals surface area contributed by atoms with Crippen molar-refractivity contribution < 1.29 is 27.1 Å². The molecule has 3 aromatic rings. The lowest BCUT2D eigenvalue weighted by molar-refractivity contribution is -0.143. The second-order valence-corrected chi connectivity index (χ2v) is 7.06. The van der Waals surface area contributed by atoms with E-state index in [4.69, 9.17) is 4.74 Å². The van der Waals surface area contributed by atoms with E-state index in [1.165, 1.54) is 23.3 Å². The van der Waals surface area contributed by atoms with E-state index in [2.05, 4.69) is 15.6 Å². The normalized spacial score (nSPS) is 13.2. The van der Waals surface area contributed by atoms with Crippen LogP contribution in [0, 0.1) is 5.82 Å². The third-order valence-electron chi connectivity index (χ3n) is 4.93. The van der Waals surface area contributed by atoms with Crippen LogP contribution in [0.15, 0.2) is 42.5 Å². The molecule has 1 aromatic heterocycles. The van der Waals surface area contributed by atoms with E-state index < -0.39 is 29.3 Å². The zero-order valence-corrected chi connectivity index (χ0v) is 16.2. The fraction of sp³-hybridized carbons (Fsp3) is 0.286. The number of carbonyl (C=O) groups is 1. The summed E-state index contributed by atoms with van der Waals surface area (Å²) in [5, 5.41) is 9.15. The number of halogens is 4. The summed E-state index contributed by atoms with van der Waals surface area (Å²) < 4.78 is 60.2. The van der Waals surface area contributed by atoms with Gasteiger partial charge in [-0.2, -0.15) is 13.2 Å². The summed E-state index contributed by atoms with van der Waals surface area (Å²) in [6.45, 7) is 0.0456. The van der Waals surface area contributed by atoms with Crippen LogP contribution in [0.3, 0.4) is 0 Å². The van der Waals surface area contributed by atoms with Crippen LogP contribution in [0.25, 0.3) is 5.69 Å². The Morgan fingerprint density at radius 3 is 2.71 bits per heavy atom. The zero-order chi connectivity index (χ0) is 22.0. The second-order valence-electron chi connectivity index (χ2n) is 7.06. The highest BCUT2D eigenvalue weighted by Gasteiger charge is 2.42. The molecule has 1 amide bonds. The summed E-state index contributed by atoms with van der Waals surface area (Å²) in [5.41, 5.74) is 0.0512. The number of ether oxygens (including phenoxy) is 1. The zero-order valence-electron chi connectivity index (χ0n) is 16.2. The molecule has 0 fully saturated rings. The Bertz CT molecular complexity index is 1110. The van der Waals surface area contributed by atoms with E-state index in [9.17, 15) is 22.4 Å². The molecule has 1 aliphatic carbocycles. The topological polar surface area (TPSA) is 69.0 Å². The van der Waals surface area contributed by atoms with Gasteiger partial charge in [0.05, 0.1) is 12.2 Å². The molecule has 0 aliphatic heterocycles. The summed E-state index contributed by atoms with van der Waals surface area (Å²) in [4.78, 5) is 12.3. The standard InChI is InChI=1S/C21H18F4N4O2/c22-15-5-2-6-16(12-15)29-19(21(23,24)25)18(27-28-29)20(30)26-9-10-31-17-8-7-13-3-1-4-14(13)11-17/h2,5-8,11-12H,1,3-4,9-10H2,(H,26,30). The number of carbonyl (C=O) groups excluding carboxylic acids is 1. The summed E-state index contributed by atoms with van der Waals surface area (Å²) in [5.74, 6) is -1.15. The number of aromatic nitrogens is 3. The number of rotatable bonds is 6. The average Bonchev–Trinajstić information content (AvgIpc) is 3.37. The number of alkyl halides is 3. The Hall–Kier alpha value is -3.43. The highest BCUT2D eigenvalue weighted by Crippen LogP contribution is 2.33. The van der Waals surface area contributed by atoms with Gasteiger partial charge < -0.3 is 10.1 Å². The Balaban J connectivity index is 1.43. The first-order valence-corrected chi connectivity index (χ1v) is 9.64. The van der Waals surface area contributed by atoms with Crippen molar-refractivity contribution in [2.24, 2.45) is 0 Å². The van der Waals surface area contributed by atoms with Crippen molar-refractivity contribution in [1.82, 2.24) is 20.3 Å². The van der Waals surface area contributed by atoms with Crippen molar-refractivity contribution in [3.05, 3.63) is 70.8 Å². The number of nitrogens with zero attached hydrogens (tertiary/aromatic N) is 3. The first kappa shape index (κ1) is 20.8. The third kappa shape index (κ3) is 4.52. The van der Waals surface area contributed by atoms with Gasteiger partial charge in [0, 0.05) is 0 Å². The number of hydrogen-bond donors (Lipinski definition) is 1. The van der Waals surface area contributed by atoms with Gasteiger partial charge in [-0.15, -0.1) is 5.10 Å². The van der Waals surface area contributed by atoms with Crippen molar-refractivity contribution in [2.75, 3.05) is 13.2 Å². The van der Waals surface area contributed by atoms with Gasteiger partial charge in [-0.3, -0.25) is 4.79 Å². The second kappa shape index (κ2) is 8.37. The minimum absolute atomic E-state index is 0.0277. The van der Waals surface area contributed by atoms with Gasteiger partial charge in [0.15, 0.2) is 11.4 Å². The van der Waals surface area contributed by atoms with Gasteiger partial charge in [0.2, 0.25) is 0 Å². The van der Waals surface area contributed by atoms with Crippen molar-refractivity contribution >= 4 is 5.91 Å². The number of nitrogens with one attached hydrogen (secondary N) is 1. The quantitative estimate of drug-likeness (QED) is 0.474. The van der Waals surface area contributed by atoms with Gasteiger partial charge in [-0.1, -0.05) is 17.3 Å². The summed E-state index contributed by atoms with van der Waals surface area (Å²) in [6.07, 6.45) is -1.79. The largest absolute Gasteiger partial charge is 0.492 e. The van der Waals surface area contributed by atoms with Crippen LogP contribution >= 0.6 is 0 Å². The Morgan fingerprint density at radius 1 is 1.13 bits per heavy atom. The highest BCUT2D eigenvalue weighted by atomic mass is 19.4. The Kier molecular flexibility index (Phi) is 5.62. The average molecular weight is 434 g/mol. The van der Waals surface area contributed by atoms with Gasteiger partial charge in [0.1, 0.15) is 18.2 Å². The van der Waals surface area contributed by atoms with Crippen LogP contribution in [-0.2, 0) is 19.0 Å². The number of benzene rings is 2. The lowest BCUT2D eigenvalue weighted by Gasteiger charge is -2.12. The van der Waals surface area contributed by atoms with Gasteiger partial charge in [-0.05, 0) is 60.7 Å². The number of amides is 1. The van der Waals surface area contributed by atoms with Crippen molar-refractivity contribution in [1.29, 1.82) is 0 Å². The minimum atomic E-state index is -4.93. The minimum Gasteiger partial charge on any atom is -0.492 e. The molecule has 1 aliphatic rings. The Morgan fingerprint density at radius 2 is 1.94 bits per heavy atom. The Labute approximate surface area is 174 Å². The molecule has 6 nitrogen and oxygen atoms in total. The molecule has 10 heteroatoms. The van der Waals surface area contributed by atoms with Crippen LogP contribution in [0.1, 0.15) is 33.7 Å². The number of fused-ring (bicyclic) bond motifs is 1. The van der Waals surface area contributed by atoms with E-state index in [1.54, 1.807) is 0 Å². The molecule has 0 radical (unpaired) electrons. The highest BCUT2D eigenvalue weighted by molar-refractivity contribution is 5.93. The van der Waals surface area contributed by atoms with E-state index in [1.807, 2.05) is 18.2 Å². The molecule has 1 heterocycles.